The van der Waals surface area contributed by atoms with Crippen molar-refractivity contribution >= 4 is 40.0 Å². The number of fused-ring (bicyclic) bond motifs is 1. The summed E-state index contributed by atoms with van der Waals surface area (Å²) in [4.78, 5) is 30.0. The van der Waals surface area contributed by atoms with E-state index in [-0.39, 0.29) is 24.5 Å². The minimum Gasteiger partial charge on any atom is -0.372 e. The fraction of sp³-hybridized carbons (Fsp3) is 0.238. The van der Waals surface area contributed by atoms with Gasteiger partial charge < -0.3 is 20.3 Å². The number of nitrogens with one attached hydrogen (secondary N) is 2. The van der Waals surface area contributed by atoms with Crippen molar-refractivity contribution in [3.8, 4) is 0 Å². The van der Waals surface area contributed by atoms with Gasteiger partial charge in [-0.05, 0) is 55.0 Å². The van der Waals surface area contributed by atoms with Crippen LogP contribution in [0.15, 0.2) is 42.5 Å². The first-order chi connectivity index (χ1) is 13.8. The van der Waals surface area contributed by atoms with Crippen LogP contribution in [0, 0.1) is 12.7 Å². The van der Waals surface area contributed by atoms with Crippen molar-refractivity contribution in [1.29, 1.82) is 0 Å². The molecule has 1 aliphatic heterocycles. The van der Waals surface area contributed by atoms with Crippen molar-refractivity contribution in [3.63, 3.8) is 0 Å². The molecule has 0 bridgehead atoms. The van der Waals surface area contributed by atoms with Crippen molar-refractivity contribution in [2.45, 2.75) is 25.5 Å². The van der Waals surface area contributed by atoms with Gasteiger partial charge in [-0.1, -0.05) is 11.6 Å². The average molecular weight is 416 g/mol. The summed E-state index contributed by atoms with van der Waals surface area (Å²) in [5.41, 5.74) is 0.822. The zero-order valence-electron chi connectivity index (χ0n) is 15.6. The van der Waals surface area contributed by atoms with Crippen LogP contribution in [0.4, 0.5) is 10.1 Å². The molecule has 1 saturated heterocycles. The number of carbonyl (C=O) groups is 2. The molecule has 0 aliphatic carbocycles. The highest BCUT2D eigenvalue weighted by molar-refractivity contribution is 6.30. The molecule has 1 fully saturated rings. The number of aromatic amines is 1. The minimum absolute atomic E-state index is 0.0359. The molecular formula is C21H19ClFN3O3. The summed E-state index contributed by atoms with van der Waals surface area (Å²) in [7, 11) is 0. The number of halogens is 2. The molecule has 6 nitrogen and oxygen atoms in total. The molecule has 3 aromatic rings. The average Bonchev–Trinajstić information content (AvgIpc) is 3.18. The number of amides is 2. The summed E-state index contributed by atoms with van der Waals surface area (Å²) in [6, 6.07) is 11.3. The second kappa shape index (κ2) is 7.17. The molecule has 2 amide bonds. The topological polar surface area (TPSA) is 85.4 Å². The number of hydrogen-bond acceptors (Lipinski definition) is 3. The maximum absolute atomic E-state index is 13.4. The van der Waals surface area contributed by atoms with E-state index in [1.54, 1.807) is 6.07 Å². The number of anilines is 1. The molecule has 1 atom stereocenters. The third-order valence-electron chi connectivity index (χ3n) is 5.10. The number of H-pyrrole nitrogens is 1. The van der Waals surface area contributed by atoms with Crippen molar-refractivity contribution in [1.82, 2.24) is 10.3 Å². The zero-order chi connectivity index (χ0) is 20.8. The molecule has 4 rings (SSSR count). The maximum Gasteiger partial charge on any atom is 0.268 e. The Morgan fingerprint density at radius 3 is 2.86 bits per heavy atom. The van der Waals surface area contributed by atoms with Crippen molar-refractivity contribution in [2.24, 2.45) is 0 Å². The Kier molecular flexibility index (Phi) is 4.80. The Morgan fingerprint density at radius 2 is 2.10 bits per heavy atom. The molecule has 0 radical (unpaired) electrons. The first-order valence-electron chi connectivity index (χ1n) is 9.13. The van der Waals surface area contributed by atoms with Crippen molar-refractivity contribution < 1.29 is 19.1 Å². The van der Waals surface area contributed by atoms with Gasteiger partial charge >= 0.3 is 0 Å². The molecule has 3 N–H and O–H groups in total. The van der Waals surface area contributed by atoms with Gasteiger partial charge in [0, 0.05) is 46.8 Å². The first kappa shape index (κ1) is 19.4. The van der Waals surface area contributed by atoms with Crippen LogP contribution in [-0.4, -0.2) is 34.1 Å². The Bertz CT molecular complexity index is 1110. The van der Waals surface area contributed by atoms with Gasteiger partial charge in [0.05, 0.1) is 0 Å². The second-order valence-corrected chi connectivity index (χ2v) is 7.69. The lowest BCUT2D eigenvalue weighted by atomic mass is 10.0. The van der Waals surface area contributed by atoms with E-state index in [9.17, 15) is 19.1 Å². The Balaban J connectivity index is 1.50. The van der Waals surface area contributed by atoms with Crippen LogP contribution in [0.25, 0.3) is 10.9 Å². The van der Waals surface area contributed by atoms with E-state index >= 15 is 0 Å². The number of hydrogen-bond donors (Lipinski definition) is 3. The highest BCUT2D eigenvalue weighted by Crippen LogP contribution is 2.31. The fourth-order valence-electron chi connectivity index (χ4n) is 3.64. The van der Waals surface area contributed by atoms with E-state index in [0.29, 0.717) is 11.3 Å². The van der Waals surface area contributed by atoms with Gasteiger partial charge in [-0.25, -0.2) is 4.39 Å². The monoisotopic (exact) mass is 415 g/mol. The molecule has 1 aromatic heterocycles. The number of benzene rings is 2. The number of nitrogens with zero attached hydrogens (tertiary/aromatic N) is 1. The molecule has 150 valence electrons. The summed E-state index contributed by atoms with van der Waals surface area (Å²) < 4.78 is 13.4. The van der Waals surface area contributed by atoms with Crippen LogP contribution in [-0.2, 0) is 16.1 Å². The largest absolute Gasteiger partial charge is 0.372 e. The minimum atomic E-state index is -2.17. The van der Waals surface area contributed by atoms with Crippen LogP contribution >= 0.6 is 11.6 Å². The van der Waals surface area contributed by atoms with E-state index in [4.69, 9.17) is 11.6 Å². The quantitative estimate of drug-likeness (QED) is 0.572. The number of aromatic nitrogens is 1. The normalized spacial score (nSPS) is 19.2. The summed E-state index contributed by atoms with van der Waals surface area (Å²) in [5, 5.41) is 14.4. The zero-order valence-corrected chi connectivity index (χ0v) is 16.4. The standard InChI is InChI=1S/C21H19ClFN3O3/c1-12-6-14-9-17(2-3-18(14)25-12)26-5-4-21(29,20(26)28)19(27)24-11-13-7-15(22)10-16(23)8-13/h2-3,6-10,25,29H,4-5,11H2,1H3,(H,24,27)/t21-/m1/s1. The highest BCUT2D eigenvalue weighted by Gasteiger charge is 2.51. The first-order valence-corrected chi connectivity index (χ1v) is 9.51. The Morgan fingerprint density at radius 1 is 1.31 bits per heavy atom. The van der Waals surface area contributed by atoms with E-state index in [0.717, 1.165) is 22.7 Å². The predicted octanol–water partition coefficient (Wildman–Crippen LogP) is 3.05. The molecule has 1 aliphatic rings. The van der Waals surface area contributed by atoms with Crippen molar-refractivity contribution in [3.05, 3.63) is 64.6 Å². The highest BCUT2D eigenvalue weighted by atomic mass is 35.5. The van der Waals surface area contributed by atoms with Gasteiger partial charge in [0.15, 0.2) is 0 Å². The van der Waals surface area contributed by atoms with Crippen LogP contribution in [0.2, 0.25) is 5.02 Å². The van der Waals surface area contributed by atoms with Crippen LogP contribution in [0.5, 0.6) is 0 Å². The van der Waals surface area contributed by atoms with Gasteiger partial charge in [0.2, 0.25) is 5.60 Å². The van der Waals surface area contributed by atoms with Gasteiger partial charge in [-0.15, -0.1) is 0 Å². The molecule has 2 heterocycles. The van der Waals surface area contributed by atoms with Gasteiger partial charge in [0.1, 0.15) is 5.82 Å². The lowest BCUT2D eigenvalue weighted by Gasteiger charge is -2.22. The number of aryl methyl sites for hydroxylation is 1. The third kappa shape index (κ3) is 3.59. The van der Waals surface area contributed by atoms with Crippen LogP contribution in [0.1, 0.15) is 17.7 Å². The summed E-state index contributed by atoms with van der Waals surface area (Å²) in [5.74, 6) is -2.03. The van der Waals surface area contributed by atoms with Gasteiger partial charge in [-0.3, -0.25) is 9.59 Å². The van der Waals surface area contributed by atoms with Crippen LogP contribution in [0.3, 0.4) is 0 Å². The molecule has 2 aromatic carbocycles. The number of carbonyl (C=O) groups excluding carboxylic acids is 2. The van der Waals surface area contributed by atoms with Gasteiger partial charge in [-0.2, -0.15) is 0 Å². The lowest BCUT2D eigenvalue weighted by Crippen LogP contribution is -2.52. The smallest absolute Gasteiger partial charge is 0.268 e. The summed E-state index contributed by atoms with van der Waals surface area (Å²) in [6.45, 7) is 2.10. The number of aliphatic hydroxyl groups is 1. The molecular weight excluding hydrogens is 397 g/mol. The fourth-order valence-corrected chi connectivity index (χ4v) is 3.88. The lowest BCUT2D eigenvalue weighted by molar-refractivity contribution is -0.149. The van der Waals surface area contributed by atoms with E-state index in [1.807, 2.05) is 25.1 Å². The van der Waals surface area contributed by atoms with E-state index in [2.05, 4.69) is 10.3 Å². The maximum atomic E-state index is 13.4. The Hall–Kier alpha value is -2.90. The molecule has 8 heteroatoms. The van der Waals surface area contributed by atoms with Crippen LogP contribution < -0.4 is 10.2 Å². The molecule has 0 unspecified atom stereocenters. The Labute approximate surface area is 171 Å². The van der Waals surface area contributed by atoms with Crippen molar-refractivity contribution in [2.75, 3.05) is 11.4 Å². The summed E-state index contributed by atoms with van der Waals surface area (Å²) in [6.07, 6.45) is -0.0359. The number of rotatable bonds is 4. The van der Waals surface area contributed by atoms with Gasteiger partial charge in [0.25, 0.3) is 11.8 Å². The van der Waals surface area contributed by atoms with E-state index in [1.165, 1.54) is 17.0 Å². The predicted molar refractivity (Wildman–Crippen MR) is 108 cm³/mol. The SMILES string of the molecule is Cc1cc2cc(N3CC[C@@](O)(C(=O)NCc4cc(F)cc(Cl)c4)C3=O)ccc2[nH]1. The third-order valence-corrected chi connectivity index (χ3v) is 5.32. The second-order valence-electron chi connectivity index (χ2n) is 7.25. The summed E-state index contributed by atoms with van der Waals surface area (Å²) >= 11 is 5.81. The molecule has 0 saturated carbocycles. The molecule has 0 spiro atoms. The molecule has 29 heavy (non-hydrogen) atoms. The van der Waals surface area contributed by atoms with E-state index < -0.39 is 23.2 Å².